The molecule has 488 valence electrons. The van der Waals surface area contributed by atoms with Crippen LogP contribution in [0.25, 0.3) is 111 Å². The van der Waals surface area contributed by atoms with Gasteiger partial charge in [0.25, 0.3) is 0 Å². The second-order valence-corrected chi connectivity index (χ2v) is 22.4. The number of hydrogen-bond donors (Lipinski definition) is 1. The van der Waals surface area contributed by atoms with Crippen molar-refractivity contribution in [3.8, 4) is 79.4 Å². The number of aromatic nitrogens is 4. The van der Waals surface area contributed by atoms with Crippen LogP contribution < -0.4 is 0 Å². The molecule has 0 amide bonds. The van der Waals surface area contributed by atoms with Crippen molar-refractivity contribution in [3.63, 3.8) is 0 Å². The van der Waals surface area contributed by atoms with E-state index in [-0.39, 0.29) is 45.7 Å². The molecule has 0 aliphatic heterocycles. The van der Waals surface area contributed by atoms with Crippen LogP contribution in [0.4, 0.5) is 13.2 Å². The molecule has 0 fully saturated rings. The predicted octanol–water partition coefficient (Wildman–Crippen LogP) is 17.8. The van der Waals surface area contributed by atoms with Crippen molar-refractivity contribution in [1.82, 2.24) is 19.9 Å². The summed E-state index contributed by atoms with van der Waals surface area (Å²) in [6, 6.07) is 83.6. The van der Waals surface area contributed by atoms with Crippen molar-refractivity contribution < 1.29 is 85.4 Å². The Balaban J connectivity index is 0.000000199. The number of pyridine rings is 4. The third kappa shape index (κ3) is 17.8. The Bertz CT molecular complexity index is 4790. The van der Waals surface area contributed by atoms with Crippen LogP contribution in [0.2, 0.25) is 0 Å². The molecule has 0 saturated carbocycles. The predicted molar refractivity (Wildman–Crippen MR) is 363 cm³/mol. The molecule has 0 unspecified atom stereocenters. The topological polar surface area (TPSA) is 221 Å². The van der Waals surface area contributed by atoms with Crippen molar-refractivity contribution in [3.05, 3.63) is 289 Å². The third-order valence-corrected chi connectivity index (χ3v) is 15.3. The third-order valence-electron chi connectivity index (χ3n) is 14.3. The molecule has 96 heavy (non-hydrogen) atoms. The number of nitrogens with zero attached hydrogens (tertiary/aromatic N) is 6. The number of benzene rings is 8. The Hall–Kier alpha value is -10.1. The van der Waals surface area contributed by atoms with Gasteiger partial charge in [0.2, 0.25) is 0 Å². The summed E-state index contributed by atoms with van der Waals surface area (Å²) >= 11 is 0. The van der Waals surface area contributed by atoms with E-state index in [1.165, 1.54) is 11.1 Å². The van der Waals surface area contributed by atoms with Gasteiger partial charge in [-0.2, -0.15) is 32.1 Å². The van der Waals surface area contributed by atoms with Crippen LogP contribution >= 0.6 is 0 Å². The second-order valence-electron chi connectivity index (χ2n) is 20.7. The van der Waals surface area contributed by atoms with E-state index in [1.54, 1.807) is 6.20 Å². The van der Waals surface area contributed by atoms with Gasteiger partial charge in [0.1, 0.15) is 16.7 Å². The zero-order valence-corrected chi connectivity index (χ0v) is 58.0. The molecule has 0 bridgehead atoms. The van der Waals surface area contributed by atoms with Crippen molar-refractivity contribution >= 4 is 54.0 Å². The van der Waals surface area contributed by atoms with E-state index < -0.39 is 15.6 Å². The Kier molecular flexibility index (Phi) is 27.2. The summed E-state index contributed by atoms with van der Waals surface area (Å²) in [4.78, 5) is 17.6. The Morgan fingerprint density at radius 2 is 0.854 bits per heavy atom. The minimum atomic E-state index is -5.34. The molecule has 0 atom stereocenters. The molecule has 2 radical (unpaired) electrons. The maximum Gasteiger partial charge on any atom is 0.523 e. The van der Waals surface area contributed by atoms with Crippen LogP contribution in [0, 0.1) is 68.6 Å². The minimum Gasteiger partial charge on any atom is -0.500 e. The summed E-state index contributed by atoms with van der Waals surface area (Å²) in [5.74, 6) is 0. The summed E-state index contributed by atoms with van der Waals surface area (Å²) in [5.41, 5.74) is 14.7. The average Bonchev–Trinajstić information content (AvgIpc) is 1.60. The van der Waals surface area contributed by atoms with Gasteiger partial charge in [-0.05, 0) is 116 Å². The summed E-state index contributed by atoms with van der Waals surface area (Å²) < 4.78 is 68.7. The number of aliphatic hydroxyl groups is 1. The molecular weight excluding hydrogens is 1590 g/mol. The van der Waals surface area contributed by atoms with Gasteiger partial charge in [0.05, 0.1) is 41.7 Å². The first-order valence-electron chi connectivity index (χ1n) is 28.8. The normalized spacial score (nSPS) is 10.5. The van der Waals surface area contributed by atoms with Gasteiger partial charge in [0, 0.05) is 105 Å². The van der Waals surface area contributed by atoms with Gasteiger partial charge in [0.15, 0.2) is 0 Å². The molecule has 8 aromatic carbocycles. The van der Waals surface area contributed by atoms with Gasteiger partial charge in [-0.3, -0.25) is 9.17 Å². The zero-order chi connectivity index (χ0) is 66.1. The molecule has 19 heteroatoms. The maximum atomic E-state index is 11.1. The Morgan fingerprint density at radius 1 is 0.458 bits per heavy atom. The summed E-state index contributed by atoms with van der Waals surface area (Å²) in [7, 11) is -3.89. The number of halogens is 3. The molecule has 0 aliphatic carbocycles. The summed E-state index contributed by atoms with van der Waals surface area (Å²) in [6.07, 6.45) is 7.26. The molecule has 6 heterocycles. The standard InChI is InChI=1S/C25H16N2O.C25H15N2O.2C12H10N.C2H3F3O3S.CH4O.2Ir.H2O/c2*1-16-12-13-27-22(14-16)21-9-5-8-19-20-11-10-18(15-26)23(25(20)28-24(19)21)17-6-3-2-4-7-17;2*1-10-7-8-13-12(9-10)11-5-3-2-4-6-11;1-8-9(6,7)2(3,4)5;1-2;;;/h2-14H,1H3;2-8,10-14H,1H3;2*2-5,7-9H,1H3;1H3;2H,1H3;;;1H2/q;3*-1;;;;;. The molecule has 14 aromatic rings. The second kappa shape index (κ2) is 34.8. The van der Waals surface area contributed by atoms with Crippen molar-refractivity contribution in [1.29, 1.82) is 10.5 Å². The molecule has 0 aliphatic rings. The van der Waals surface area contributed by atoms with Gasteiger partial charge >= 0.3 is 15.6 Å². The quantitative estimate of drug-likeness (QED) is 0.0894. The monoisotopic (exact) mass is 1660 g/mol. The first kappa shape index (κ1) is 74.9. The van der Waals surface area contributed by atoms with Crippen LogP contribution in [0.15, 0.2) is 246 Å². The van der Waals surface area contributed by atoms with E-state index in [4.69, 9.17) is 13.9 Å². The molecule has 13 nitrogen and oxygen atoms in total. The molecule has 6 aromatic heterocycles. The first-order valence-corrected chi connectivity index (χ1v) is 30.2. The Morgan fingerprint density at radius 3 is 1.26 bits per heavy atom. The number of alkyl halides is 3. The Labute approximate surface area is 581 Å². The molecule has 14 rings (SSSR count). The van der Waals surface area contributed by atoms with E-state index >= 15 is 0 Å². The fraction of sp³-hybridized carbons (Fsp3) is 0.0909. The molecular formula is C77H60F3Ir2N6O7S-3. The molecule has 0 spiro atoms. The largest absolute Gasteiger partial charge is 0.523 e. The number of aliphatic hydroxyl groups excluding tert-OH is 1. The van der Waals surface area contributed by atoms with E-state index in [0.717, 1.165) is 124 Å². The fourth-order valence-corrected chi connectivity index (χ4v) is 10.1. The fourth-order valence-electron chi connectivity index (χ4n) is 9.95. The van der Waals surface area contributed by atoms with Gasteiger partial charge in [-0.25, -0.2) is 0 Å². The van der Waals surface area contributed by atoms with Crippen molar-refractivity contribution in [2.75, 3.05) is 14.2 Å². The van der Waals surface area contributed by atoms with Crippen LogP contribution in [0.3, 0.4) is 0 Å². The van der Waals surface area contributed by atoms with Crippen LogP contribution in [0.5, 0.6) is 0 Å². The number of fused-ring (bicyclic) bond motifs is 6. The first-order chi connectivity index (χ1) is 45.0. The van der Waals surface area contributed by atoms with Gasteiger partial charge in [-0.15, -0.1) is 90.0 Å². The molecule has 0 saturated heterocycles. The smallest absolute Gasteiger partial charge is 0.500 e. The maximum absolute atomic E-state index is 11.1. The number of furan rings is 2. The van der Waals surface area contributed by atoms with Crippen molar-refractivity contribution in [2.24, 2.45) is 0 Å². The number of para-hydroxylation sites is 1. The SMILES string of the molecule is CO.COS(=O)(=O)C(F)(F)F.Cc1ccnc(-c2[c-]ccc3c2oc2c(-c4ccccc4)c(C#N)ccc23)c1.Cc1ccnc(-c2[c-]cccc2)c1.Cc1ccnc(-c2[c-]cccc2)c1.Cc1ccnc(-c2cccc3c2oc2c(-c4ccccc4)c(C#N)ccc23)c1.O.[Ir].[Ir]. The summed E-state index contributed by atoms with van der Waals surface area (Å²) in [6.45, 7) is 8.22. The van der Waals surface area contributed by atoms with Crippen LogP contribution in [0.1, 0.15) is 33.4 Å². The zero-order valence-electron chi connectivity index (χ0n) is 52.4. The van der Waals surface area contributed by atoms with Crippen molar-refractivity contribution in [2.45, 2.75) is 33.2 Å². The minimum absolute atomic E-state index is 0. The van der Waals surface area contributed by atoms with E-state index in [2.05, 4.69) is 99.5 Å². The summed E-state index contributed by atoms with van der Waals surface area (Å²) in [5, 5.41) is 30.3. The number of rotatable bonds is 7. The average molecular weight is 1650 g/mol. The molecule has 3 N–H and O–H groups in total. The van der Waals surface area contributed by atoms with Crippen LogP contribution in [-0.4, -0.2) is 58.7 Å². The van der Waals surface area contributed by atoms with E-state index in [9.17, 15) is 32.1 Å². The van der Waals surface area contributed by atoms with Gasteiger partial charge < -0.3 is 34.4 Å². The number of hydrogen-bond acceptors (Lipinski definition) is 12. The van der Waals surface area contributed by atoms with Gasteiger partial charge in [-0.1, -0.05) is 125 Å². The van der Waals surface area contributed by atoms with E-state index in [0.29, 0.717) is 23.8 Å². The van der Waals surface area contributed by atoms with Crippen LogP contribution in [-0.2, 0) is 54.5 Å². The number of aryl methyl sites for hydroxylation is 4. The number of nitriles is 2. The van der Waals surface area contributed by atoms with E-state index in [1.807, 2.05) is 214 Å².